The van der Waals surface area contributed by atoms with Gasteiger partial charge in [0.15, 0.2) is 0 Å². The SMILES string of the molecule is CC(=O)Nc1ccc(Sc2ccc(S(=O)(=O)N3CCCCCC3)cc2[N+](=O)[O-])cc1. The van der Waals surface area contributed by atoms with Crippen molar-refractivity contribution in [3.63, 3.8) is 0 Å². The van der Waals surface area contributed by atoms with Crippen LogP contribution in [0.1, 0.15) is 32.6 Å². The van der Waals surface area contributed by atoms with Crippen LogP contribution in [-0.4, -0.2) is 36.6 Å². The Balaban J connectivity index is 1.86. The molecule has 0 aliphatic carbocycles. The third kappa shape index (κ3) is 5.38. The fourth-order valence-corrected chi connectivity index (χ4v) is 5.69. The molecule has 1 N–H and O–H groups in total. The van der Waals surface area contributed by atoms with Gasteiger partial charge in [0, 0.05) is 36.7 Å². The number of carbonyl (C=O) groups excluding carboxylic acids is 1. The highest BCUT2D eigenvalue weighted by Gasteiger charge is 2.28. The lowest BCUT2D eigenvalue weighted by atomic mass is 10.2. The fraction of sp³-hybridized carbons (Fsp3) is 0.350. The van der Waals surface area contributed by atoms with Crippen LogP contribution < -0.4 is 5.32 Å². The molecule has 1 fully saturated rings. The molecular weight excluding hydrogens is 426 g/mol. The van der Waals surface area contributed by atoms with Gasteiger partial charge in [-0.25, -0.2) is 8.42 Å². The summed E-state index contributed by atoms with van der Waals surface area (Å²) >= 11 is 1.17. The molecule has 2 aromatic rings. The summed E-state index contributed by atoms with van der Waals surface area (Å²) < 4.78 is 27.4. The molecule has 10 heteroatoms. The Morgan fingerprint density at radius 1 is 1.07 bits per heavy atom. The summed E-state index contributed by atoms with van der Waals surface area (Å²) in [6.07, 6.45) is 3.57. The van der Waals surface area contributed by atoms with E-state index in [-0.39, 0.29) is 16.5 Å². The van der Waals surface area contributed by atoms with Gasteiger partial charge in [0.25, 0.3) is 5.69 Å². The van der Waals surface area contributed by atoms with Gasteiger partial charge in [-0.15, -0.1) is 0 Å². The van der Waals surface area contributed by atoms with Gasteiger partial charge < -0.3 is 5.32 Å². The van der Waals surface area contributed by atoms with E-state index in [1.165, 1.54) is 35.1 Å². The molecule has 0 saturated carbocycles. The summed E-state index contributed by atoms with van der Waals surface area (Å²) in [7, 11) is -3.77. The topological polar surface area (TPSA) is 110 Å². The first-order valence-corrected chi connectivity index (χ1v) is 11.9. The highest BCUT2D eigenvalue weighted by molar-refractivity contribution is 7.99. The van der Waals surface area contributed by atoms with E-state index >= 15 is 0 Å². The standard InChI is InChI=1S/C20H23N3O5S2/c1-15(24)21-16-6-8-17(9-7-16)29-20-11-10-18(14-19(20)23(25)26)30(27,28)22-12-4-2-3-5-13-22/h6-11,14H,2-5,12-13H2,1H3,(H,21,24). The monoisotopic (exact) mass is 449 g/mol. The van der Waals surface area contributed by atoms with E-state index in [1.54, 1.807) is 24.3 Å². The molecule has 0 atom stereocenters. The summed E-state index contributed by atoms with van der Waals surface area (Å²) in [6, 6.07) is 10.9. The molecule has 0 bridgehead atoms. The van der Waals surface area contributed by atoms with Crippen LogP contribution >= 0.6 is 11.8 Å². The van der Waals surface area contributed by atoms with Crippen LogP contribution in [0.25, 0.3) is 0 Å². The maximum atomic E-state index is 13.0. The molecule has 1 aliphatic rings. The van der Waals surface area contributed by atoms with Crippen LogP contribution in [0.15, 0.2) is 57.2 Å². The van der Waals surface area contributed by atoms with Crippen molar-refractivity contribution in [2.75, 3.05) is 18.4 Å². The molecule has 1 aliphatic heterocycles. The van der Waals surface area contributed by atoms with Crippen LogP contribution in [0, 0.1) is 10.1 Å². The minimum atomic E-state index is -3.77. The number of nitrogens with one attached hydrogen (secondary N) is 1. The van der Waals surface area contributed by atoms with E-state index in [4.69, 9.17) is 0 Å². The molecule has 1 heterocycles. The number of rotatable bonds is 6. The number of carbonyl (C=O) groups is 1. The van der Waals surface area contributed by atoms with Gasteiger partial charge in [-0.1, -0.05) is 24.6 Å². The predicted octanol–water partition coefficient (Wildman–Crippen LogP) is 4.27. The van der Waals surface area contributed by atoms with Crippen LogP contribution in [0.3, 0.4) is 0 Å². The summed E-state index contributed by atoms with van der Waals surface area (Å²) in [5.74, 6) is -0.188. The Morgan fingerprint density at radius 2 is 1.70 bits per heavy atom. The van der Waals surface area contributed by atoms with Crippen molar-refractivity contribution in [2.24, 2.45) is 0 Å². The lowest BCUT2D eigenvalue weighted by molar-refractivity contribution is -0.388. The minimum Gasteiger partial charge on any atom is -0.326 e. The van der Waals surface area contributed by atoms with E-state index in [1.807, 2.05) is 0 Å². The molecule has 30 heavy (non-hydrogen) atoms. The molecule has 8 nitrogen and oxygen atoms in total. The first kappa shape index (κ1) is 22.3. The molecule has 1 amide bonds. The predicted molar refractivity (Wildman–Crippen MR) is 115 cm³/mol. The average molecular weight is 450 g/mol. The quantitative estimate of drug-likeness (QED) is 0.521. The van der Waals surface area contributed by atoms with E-state index in [2.05, 4.69) is 5.32 Å². The Kier molecular flexibility index (Phi) is 7.11. The van der Waals surface area contributed by atoms with E-state index in [9.17, 15) is 23.3 Å². The second kappa shape index (κ2) is 9.59. The number of nitrogens with zero attached hydrogens (tertiary/aromatic N) is 2. The Bertz CT molecular complexity index is 1030. The van der Waals surface area contributed by atoms with Gasteiger partial charge in [0.1, 0.15) is 0 Å². The van der Waals surface area contributed by atoms with Crippen molar-refractivity contribution in [1.29, 1.82) is 0 Å². The third-order valence-corrected chi connectivity index (χ3v) is 7.70. The molecule has 1 saturated heterocycles. The van der Waals surface area contributed by atoms with Crippen molar-refractivity contribution < 1.29 is 18.1 Å². The van der Waals surface area contributed by atoms with Crippen molar-refractivity contribution >= 4 is 39.1 Å². The van der Waals surface area contributed by atoms with Crippen LogP contribution in [-0.2, 0) is 14.8 Å². The highest BCUT2D eigenvalue weighted by Crippen LogP contribution is 2.37. The van der Waals surface area contributed by atoms with E-state index in [0.717, 1.165) is 36.6 Å². The number of amides is 1. The van der Waals surface area contributed by atoms with Crippen LogP contribution in [0.5, 0.6) is 0 Å². The molecule has 160 valence electrons. The van der Waals surface area contributed by atoms with Crippen LogP contribution in [0.4, 0.5) is 11.4 Å². The first-order valence-electron chi connectivity index (χ1n) is 9.61. The number of anilines is 1. The van der Waals surface area contributed by atoms with Crippen molar-refractivity contribution in [3.05, 3.63) is 52.6 Å². The van der Waals surface area contributed by atoms with Gasteiger partial charge in [-0.3, -0.25) is 14.9 Å². The van der Waals surface area contributed by atoms with Gasteiger partial charge in [-0.2, -0.15) is 4.31 Å². The summed E-state index contributed by atoms with van der Waals surface area (Å²) in [5, 5.41) is 14.3. The molecular formula is C20H23N3O5S2. The van der Waals surface area contributed by atoms with Gasteiger partial charge in [-0.05, 0) is 49.2 Å². The van der Waals surface area contributed by atoms with Gasteiger partial charge >= 0.3 is 0 Å². The normalized spacial score (nSPS) is 15.4. The zero-order chi connectivity index (χ0) is 21.7. The van der Waals surface area contributed by atoms with Crippen molar-refractivity contribution in [1.82, 2.24) is 4.31 Å². The molecule has 0 spiro atoms. The zero-order valence-electron chi connectivity index (χ0n) is 16.5. The van der Waals surface area contributed by atoms with E-state index < -0.39 is 14.9 Å². The Morgan fingerprint density at radius 3 is 2.27 bits per heavy atom. The first-order chi connectivity index (χ1) is 14.3. The maximum Gasteiger partial charge on any atom is 0.284 e. The highest BCUT2D eigenvalue weighted by atomic mass is 32.2. The number of hydrogen-bond donors (Lipinski definition) is 1. The fourth-order valence-electron chi connectivity index (χ4n) is 3.25. The average Bonchev–Trinajstić information content (AvgIpc) is 2.99. The van der Waals surface area contributed by atoms with Gasteiger partial charge in [0.2, 0.25) is 15.9 Å². The van der Waals surface area contributed by atoms with Crippen molar-refractivity contribution in [3.8, 4) is 0 Å². The number of hydrogen-bond acceptors (Lipinski definition) is 6. The molecule has 3 rings (SSSR count). The summed E-state index contributed by atoms with van der Waals surface area (Å²) in [6.45, 7) is 2.29. The third-order valence-electron chi connectivity index (χ3n) is 4.73. The van der Waals surface area contributed by atoms with E-state index in [0.29, 0.717) is 23.7 Å². The number of benzene rings is 2. The van der Waals surface area contributed by atoms with Gasteiger partial charge in [0.05, 0.1) is 14.7 Å². The zero-order valence-corrected chi connectivity index (χ0v) is 18.2. The second-order valence-electron chi connectivity index (χ2n) is 7.01. The molecule has 0 aromatic heterocycles. The molecule has 2 aromatic carbocycles. The smallest absolute Gasteiger partial charge is 0.284 e. The Hall–Kier alpha value is -2.43. The Labute approximate surface area is 179 Å². The second-order valence-corrected chi connectivity index (χ2v) is 10.1. The maximum absolute atomic E-state index is 13.0. The lowest BCUT2D eigenvalue weighted by Gasteiger charge is -2.20. The largest absolute Gasteiger partial charge is 0.326 e. The molecule has 0 radical (unpaired) electrons. The minimum absolute atomic E-state index is 0.0542. The lowest BCUT2D eigenvalue weighted by Crippen LogP contribution is -2.31. The van der Waals surface area contributed by atoms with Crippen LogP contribution in [0.2, 0.25) is 0 Å². The number of nitro groups is 1. The number of nitro benzene ring substituents is 1. The van der Waals surface area contributed by atoms with Crippen molar-refractivity contribution in [2.45, 2.75) is 47.3 Å². The summed E-state index contributed by atoms with van der Waals surface area (Å²) in [4.78, 5) is 23.2. The molecule has 0 unspecified atom stereocenters. The summed E-state index contributed by atoms with van der Waals surface area (Å²) in [5.41, 5.74) is 0.377. The number of sulfonamides is 1.